The van der Waals surface area contributed by atoms with Crippen LogP contribution >= 0.6 is 12.2 Å². The SMILES string of the molecule is NC(=S)c1ccccc1OCC(=O)NCCn1ccnc1. The first-order valence-electron chi connectivity index (χ1n) is 6.41. The van der Waals surface area contributed by atoms with Crippen LogP contribution in [0, 0.1) is 0 Å². The molecule has 0 unspecified atom stereocenters. The lowest BCUT2D eigenvalue weighted by Crippen LogP contribution is -2.31. The molecular formula is C14H16N4O2S. The number of hydrogen-bond acceptors (Lipinski definition) is 4. The second-order valence-corrected chi connectivity index (χ2v) is 4.74. The van der Waals surface area contributed by atoms with E-state index in [0.717, 1.165) is 0 Å². The molecule has 0 saturated heterocycles. The van der Waals surface area contributed by atoms with E-state index in [1.54, 1.807) is 30.7 Å². The molecule has 0 radical (unpaired) electrons. The topological polar surface area (TPSA) is 82.2 Å². The highest BCUT2D eigenvalue weighted by Gasteiger charge is 2.07. The van der Waals surface area contributed by atoms with Crippen molar-refractivity contribution in [2.75, 3.05) is 13.2 Å². The third kappa shape index (κ3) is 4.57. The summed E-state index contributed by atoms with van der Waals surface area (Å²) in [5.41, 5.74) is 6.22. The fraction of sp³-hybridized carbons (Fsp3) is 0.214. The maximum atomic E-state index is 11.7. The van der Waals surface area contributed by atoms with Gasteiger partial charge < -0.3 is 20.4 Å². The fourth-order valence-corrected chi connectivity index (χ4v) is 1.90. The Hall–Kier alpha value is -2.41. The number of amides is 1. The minimum absolute atomic E-state index is 0.0798. The summed E-state index contributed by atoms with van der Waals surface area (Å²) in [6, 6.07) is 7.10. The van der Waals surface area contributed by atoms with E-state index in [4.69, 9.17) is 22.7 Å². The molecule has 1 heterocycles. The van der Waals surface area contributed by atoms with Crippen LogP contribution in [0.3, 0.4) is 0 Å². The van der Waals surface area contributed by atoms with Gasteiger partial charge in [-0.2, -0.15) is 0 Å². The molecule has 2 aromatic rings. The van der Waals surface area contributed by atoms with Gasteiger partial charge in [0.15, 0.2) is 6.61 Å². The molecule has 21 heavy (non-hydrogen) atoms. The van der Waals surface area contributed by atoms with Crippen molar-refractivity contribution in [3.8, 4) is 5.75 Å². The number of imidazole rings is 1. The number of ether oxygens (including phenoxy) is 1. The van der Waals surface area contributed by atoms with Crippen LogP contribution in [0.2, 0.25) is 0 Å². The van der Waals surface area contributed by atoms with E-state index in [0.29, 0.717) is 24.4 Å². The standard InChI is InChI=1S/C14H16N4O2S/c15-14(21)11-3-1-2-4-12(11)20-9-13(19)17-6-8-18-7-5-16-10-18/h1-5,7,10H,6,8-9H2,(H2,15,21)(H,17,19). The van der Waals surface area contributed by atoms with Crippen molar-refractivity contribution in [1.82, 2.24) is 14.9 Å². The first-order valence-corrected chi connectivity index (χ1v) is 6.81. The van der Waals surface area contributed by atoms with Crippen molar-refractivity contribution in [3.63, 3.8) is 0 Å². The predicted octanol–water partition coefficient (Wildman–Crippen LogP) is 0.712. The van der Waals surface area contributed by atoms with Crippen molar-refractivity contribution in [2.24, 2.45) is 5.73 Å². The molecule has 0 bridgehead atoms. The zero-order chi connectivity index (χ0) is 15.1. The average molecular weight is 304 g/mol. The summed E-state index contributed by atoms with van der Waals surface area (Å²) in [5.74, 6) is 0.308. The Labute approximate surface area is 127 Å². The van der Waals surface area contributed by atoms with Gasteiger partial charge in [0.25, 0.3) is 5.91 Å². The quantitative estimate of drug-likeness (QED) is 0.736. The fourth-order valence-electron chi connectivity index (χ4n) is 1.73. The summed E-state index contributed by atoms with van der Waals surface area (Å²) in [4.78, 5) is 15.9. The number of nitrogens with two attached hydrogens (primary N) is 1. The van der Waals surface area contributed by atoms with Gasteiger partial charge in [0.05, 0.1) is 11.9 Å². The lowest BCUT2D eigenvalue weighted by Gasteiger charge is -2.10. The normalized spacial score (nSPS) is 10.1. The maximum Gasteiger partial charge on any atom is 0.258 e. The summed E-state index contributed by atoms with van der Waals surface area (Å²) < 4.78 is 7.33. The van der Waals surface area contributed by atoms with Crippen molar-refractivity contribution in [3.05, 3.63) is 48.5 Å². The van der Waals surface area contributed by atoms with E-state index in [1.807, 2.05) is 16.8 Å². The van der Waals surface area contributed by atoms with Crippen molar-refractivity contribution in [2.45, 2.75) is 6.54 Å². The van der Waals surface area contributed by atoms with E-state index < -0.39 is 0 Å². The third-order valence-electron chi connectivity index (χ3n) is 2.76. The van der Waals surface area contributed by atoms with Crippen LogP contribution in [0.25, 0.3) is 0 Å². The highest BCUT2D eigenvalue weighted by atomic mass is 32.1. The molecule has 7 heteroatoms. The van der Waals surface area contributed by atoms with Crippen LogP contribution in [-0.2, 0) is 11.3 Å². The molecule has 3 N–H and O–H groups in total. The summed E-state index contributed by atoms with van der Waals surface area (Å²) in [6.45, 7) is 1.09. The average Bonchev–Trinajstić information content (AvgIpc) is 2.98. The maximum absolute atomic E-state index is 11.7. The molecule has 0 fully saturated rings. The highest BCUT2D eigenvalue weighted by molar-refractivity contribution is 7.80. The minimum Gasteiger partial charge on any atom is -0.483 e. The summed E-state index contributed by atoms with van der Waals surface area (Å²) in [6.07, 6.45) is 5.22. The van der Waals surface area contributed by atoms with Gasteiger partial charge in [0.2, 0.25) is 0 Å². The number of benzene rings is 1. The molecule has 0 aliphatic carbocycles. The lowest BCUT2D eigenvalue weighted by molar-refractivity contribution is -0.123. The Kier molecular flexibility index (Phi) is 5.28. The number of para-hydroxylation sites is 1. The zero-order valence-corrected chi connectivity index (χ0v) is 12.2. The van der Waals surface area contributed by atoms with Gasteiger partial charge >= 0.3 is 0 Å². The first kappa shape index (κ1) is 15.0. The Balaban J connectivity index is 1.77. The molecule has 0 aliphatic rings. The summed E-state index contributed by atoms with van der Waals surface area (Å²) in [7, 11) is 0. The molecular weight excluding hydrogens is 288 g/mol. The first-order chi connectivity index (χ1) is 10.2. The van der Waals surface area contributed by atoms with Gasteiger partial charge in [-0.3, -0.25) is 4.79 Å². The molecule has 0 aliphatic heterocycles. The molecule has 1 aromatic heterocycles. The van der Waals surface area contributed by atoms with Gasteiger partial charge in [0.1, 0.15) is 10.7 Å². The molecule has 110 valence electrons. The molecule has 1 aromatic carbocycles. The predicted molar refractivity (Wildman–Crippen MR) is 83.1 cm³/mol. The van der Waals surface area contributed by atoms with Gasteiger partial charge in [-0.15, -0.1) is 0 Å². The van der Waals surface area contributed by atoms with Crippen LogP contribution in [0.5, 0.6) is 5.75 Å². The number of carbonyl (C=O) groups is 1. The highest BCUT2D eigenvalue weighted by Crippen LogP contribution is 2.17. The number of aromatic nitrogens is 2. The van der Waals surface area contributed by atoms with Crippen molar-refractivity contribution in [1.29, 1.82) is 0 Å². The number of carbonyl (C=O) groups excluding carboxylic acids is 1. The van der Waals surface area contributed by atoms with E-state index in [-0.39, 0.29) is 17.5 Å². The van der Waals surface area contributed by atoms with Gasteiger partial charge in [-0.05, 0) is 12.1 Å². The van der Waals surface area contributed by atoms with E-state index in [9.17, 15) is 4.79 Å². The van der Waals surface area contributed by atoms with Gasteiger partial charge in [0, 0.05) is 25.5 Å². The van der Waals surface area contributed by atoms with Crippen LogP contribution in [0.1, 0.15) is 5.56 Å². The zero-order valence-electron chi connectivity index (χ0n) is 11.4. The summed E-state index contributed by atoms with van der Waals surface area (Å²) >= 11 is 4.93. The Bertz CT molecular complexity index is 613. The minimum atomic E-state index is -0.201. The Morgan fingerprint density at radius 3 is 2.95 bits per heavy atom. The molecule has 0 atom stereocenters. The number of nitrogens with one attached hydrogen (secondary N) is 1. The largest absolute Gasteiger partial charge is 0.483 e. The summed E-state index contributed by atoms with van der Waals surface area (Å²) in [5, 5.41) is 2.76. The van der Waals surface area contributed by atoms with Crippen LogP contribution in [0.15, 0.2) is 43.0 Å². The number of hydrogen-bond donors (Lipinski definition) is 2. The molecule has 2 rings (SSSR count). The monoisotopic (exact) mass is 304 g/mol. The van der Waals surface area contributed by atoms with Gasteiger partial charge in [-0.1, -0.05) is 24.4 Å². The Morgan fingerprint density at radius 2 is 2.24 bits per heavy atom. The van der Waals surface area contributed by atoms with Crippen LogP contribution in [0.4, 0.5) is 0 Å². The second kappa shape index (κ2) is 7.39. The molecule has 1 amide bonds. The van der Waals surface area contributed by atoms with Crippen LogP contribution in [-0.4, -0.2) is 33.6 Å². The Morgan fingerprint density at radius 1 is 1.43 bits per heavy atom. The smallest absolute Gasteiger partial charge is 0.258 e. The number of nitrogens with zero attached hydrogens (tertiary/aromatic N) is 2. The molecule has 6 nitrogen and oxygen atoms in total. The third-order valence-corrected chi connectivity index (χ3v) is 2.98. The van der Waals surface area contributed by atoms with Crippen molar-refractivity contribution >= 4 is 23.1 Å². The van der Waals surface area contributed by atoms with Crippen molar-refractivity contribution < 1.29 is 9.53 Å². The molecule has 0 saturated carbocycles. The second-order valence-electron chi connectivity index (χ2n) is 4.30. The van der Waals surface area contributed by atoms with Crippen LogP contribution < -0.4 is 15.8 Å². The van der Waals surface area contributed by atoms with E-state index in [1.165, 1.54) is 0 Å². The van der Waals surface area contributed by atoms with E-state index >= 15 is 0 Å². The van der Waals surface area contributed by atoms with Gasteiger partial charge in [-0.25, -0.2) is 4.98 Å². The number of rotatable bonds is 7. The number of thiocarbonyl (C=S) groups is 1. The lowest BCUT2D eigenvalue weighted by atomic mass is 10.2. The molecule has 0 spiro atoms. The van der Waals surface area contributed by atoms with E-state index in [2.05, 4.69) is 10.3 Å².